The van der Waals surface area contributed by atoms with Gasteiger partial charge in [0.15, 0.2) is 0 Å². The standard InChI is InChI=1S/C10H16N2.BF4/c1-3-4-5-6-10(2)12-8-7-11-9-12;2-1(3,4)5/h3,7-10H,1,4-6H2,2H3;/q;-1/p+1. The SMILES string of the molecule is C=CCCCC(C)[n+]1cc[nH]c1.F[B-](F)(F)F. The van der Waals surface area contributed by atoms with Crippen LogP contribution in [0.2, 0.25) is 0 Å². The van der Waals surface area contributed by atoms with Crippen LogP contribution in [0.15, 0.2) is 31.4 Å². The van der Waals surface area contributed by atoms with Crippen molar-refractivity contribution < 1.29 is 21.8 Å². The Labute approximate surface area is 98.5 Å². The lowest BCUT2D eigenvalue weighted by molar-refractivity contribution is -0.719. The van der Waals surface area contributed by atoms with E-state index in [1.165, 1.54) is 12.8 Å². The van der Waals surface area contributed by atoms with Crippen LogP contribution in [0.5, 0.6) is 0 Å². The van der Waals surface area contributed by atoms with Crippen molar-refractivity contribution in [2.24, 2.45) is 0 Å². The van der Waals surface area contributed by atoms with Crippen LogP contribution in [-0.4, -0.2) is 12.2 Å². The van der Waals surface area contributed by atoms with Crippen LogP contribution in [0.3, 0.4) is 0 Å². The van der Waals surface area contributed by atoms with Crippen LogP contribution >= 0.6 is 0 Å². The first kappa shape index (κ1) is 15.7. The molecule has 7 heteroatoms. The van der Waals surface area contributed by atoms with Gasteiger partial charge in [0.25, 0.3) is 0 Å². The second-order valence-corrected chi connectivity index (χ2v) is 3.62. The average molecular weight is 252 g/mol. The lowest BCUT2D eigenvalue weighted by atomic mass is 10.1. The molecule has 1 aromatic heterocycles. The number of H-pyrrole nitrogens is 1. The average Bonchev–Trinajstić information content (AvgIpc) is 2.68. The first-order valence-electron chi connectivity index (χ1n) is 5.36. The van der Waals surface area contributed by atoms with Crippen molar-refractivity contribution in [1.29, 1.82) is 0 Å². The number of allylic oxidation sites excluding steroid dienone is 1. The lowest BCUT2D eigenvalue weighted by Gasteiger charge is -2.05. The van der Waals surface area contributed by atoms with Gasteiger partial charge in [-0.25, -0.2) is 4.57 Å². The molecule has 0 radical (unpaired) electrons. The summed E-state index contributed by atoms with van der Waals surface area (Å²) in [5.74, 6) is 0. The highest BCUT2D eigenvalue weighted by molar-refractivity contribution is 6.50. The predicted molar refractivity (Wildman–Crippen MR) is 59.9 cm³/mol. The summed E-state index contributed by atoms with van der Waals surface area (Å²) in [5, 5.41) is 0. The minimum absolute atomic E-state index is 0.594. The normalized spacial score (nSPS) is 12.5. The van der Waals surface area contributed by atoms with Gasteiger partial charge in [-0.1, -0.05) is 6.08 Å². The summed E-state index contributed by atoms with van der Waals surface area (Å²) in [5.41, 5.74) is 0. The van der Waals surface area contributed by atoms with Gasteiger partial charge < -0.3 is 17.3 Å². The fourth-order valence-electron chi connectivity index (χ4n) is 1.28. The van der Waals surface area contributed by atoms with Crippen molar-refractivity contribution in [1.82, 2.24) is 4.98 Å². The fraction of sp³-hybridized carbons (Fsp3) is 0.500. The predicted octanol–water partition coefficient (Wildman–Crippen LogP) is 3.52. The first-order chi connectivity index (χ1) is 7.84. The summed E-state index contributed by atoms with van der Waals surface area (Å²) in [6, 6.07) is 0.594. The van der Waals surface area contributed by atoms with Crippen LogP contribution in [0.4, 0.5) is 17.3 Å². The van der Waals surface area contributed by atoms with Gasteiger partial charge in [-0.05, 0) is 26.2 Å². The molecule has 1 atom stereocenters. The van der Waals surface area contributed by atoms with Gasteiger partial charge in [-0.2, -0.15) is 0 Å². The largest absolute Gasteiger partial charge is 0.673 e. The number of hydrogen-bond donors (Lipinski definition) is 1. The lowest BCUT2D eigenvalue weighted by Crippen LogP contribution is -2.34. The number of nitrogens with one attached hydrogen (secondary N) is 1. The van der Waals surface area contributed by atoms with E-state index in [0.29, 0.717) is 6.04 Å². The number of rotatable bonds is 5. The maximum atomic E-state index is 9.75. The monoisotopic (exact) mass is 252 g/mol. The summed E-state index contributed by atoms with van der Waals surface area (Å²) in [6.07, 6.45) is 11.6. The summed E-state index contributed by atoms with van der Waals surface area (Å²) in [4.78, 5) is 3.04. The van der Waals surface area contributed by atoms with Crippen molar-refractivity contribution in [3.63, 3.8) is 0 Å². The molecule has 0 bridgehead atoms. The van der Waals surface area contributed by atoms with E-state index in [4.69, 9.17) is 0 Å². The number of halogens is 4. The molecule has 0 fully saturated rings. The van der Waals surface area contributed by atoms with E-state index in [-0.39, 0.29) is 0 Å². The van der Waals surface area contributed by atoms with Crippen LogP contribution in [-0.2, 0) is 0 Å². The topological polar surface area (TPSA) is 19.7 Å². The first-order valence-corrected chi connectivity index (χ1v) is 5.36. The maximum Gasteiger partial charge on any atom is 0.673 e. The fourth-order valence-corrected chi connectivity index (χ4v) is 1.28. The van der Waals surface area contributed by atoms with E-state index in [1.807, 2.05) is 18.6 Å². The molecule has 1 unspecified atom stereocenters. The van der Waals surface area contributed by atoms with E-state index < -0.39 is 7.25 Å². The molecule has 0 saturated heterocycles. The third-order valence-corrected chi connectivity index (χ3v) is 2.11. The second kappa shape index (κ2) is 7.92. The molecule has 0 aliphatic rings. The molecule has 2 nitrogen and oxygen atoms in total. The number of unbranched alkanes of at least 4 members (excludes halogenated alkanes) is 1. The second-order valence-electron chi connectivity index (χ2n) is 3.62. The smallest absolute Gasteiger partial charge is 0.418 e. The number of aromatic amines is 1. The molecule has 1 heterocycles. The Hall–Kier alpha value is -1.27. The van der Waals surface area contributed by atoms with Gasteiger partial charge in [-0.15, -0.1) is 6.58 Å². The quantitative estimate of drug-likeness (QED) is 0.272. The van der Waals surface area contributed by atoms with E-state index in [9.17, 15) is 17.3 Å². The highest BCUT2D eigenvalue weighted by atomic mass is 19.5. The zero-order valence-corrected chi connectivity index (χ0v) is 9.75. The van der Waals surface area contributed by atoms with E-state index in [1.54, 1.807) is 0 Å². The molecule has 0 aromatic carbocycles. The number of aromatic nitrogens is 2. The minimum atomic E-state index is -6.00. The zero-order chi connectivity index (χ0) is 13.3. The minimum Gasteiger partial charge on any atom is -0.418 e. The molecular weight excluding hydrogens is 235 g/mol. The molecule has 0 saturated carbocycles. The summed E-state index contributed by atoms with van der Waals surface area (Å²) < 4.78 is 41.2. The molecule has 0 aliphatic heterocycles. The number of nitrogens with zero attached hydrogens (tertiary/aromatic N) is 1. The van der Waals surface area contributed by atoms with E-state index in [2.05, 4.69) is 29.3 Å². The Morgan fingerprint density at radius 1 is 1.41 bits per heavy atom. The van der Waals surface area contributed by atoms with Gasteiger partial charge >= 0.3 is 7.25 Å². The van der Waals surface area contributed by atoms with Gasteiger partial charge in [0.2, 0.25) is 6.33 Å². The zero-order valence-electron chi connectivity index (χ0n) is 9.75. The molecule has 1 N–H and O–H groups in total. The van der Waals surface area contributed by atoms with Crippen molar-refractivity contribution in [3.05, 3.63) is 31.4 Å². The molecule has 1 rings (SSSR count). The van der Waals surface area contributed by atoms with Crippen LogP contribution in [0.1, 0.15) is 32.2 Å². The summed E-state index contributed by atoms with van der Waals surface area (Å²) in [6.45, 7) is 5.94. The Morgan fingerprint density at radius 3 is 2.41 bits per heavy atom. The molecule has 0 aliphatic carbocycles. The maximum absolute atomic E-state index is 9.75. The molecule has 1 aromatic rings. The third-order valence-electron chi connectivity index (χ3n) is 2.11. The number of hydrogen-bond acceptors (Lipinski definition) is 0. The Bertz CT molecular complexity index is 292. The Balaban J connectivity index is 0.000000437. The Morgan fingerprint density at radius 2 is 2.00 bits per heavy atom. The van der Waals surface area contributed by atoms with Crippen molar-refractivity contribution in [2.75, 3.05) is 0 Å². The van der Waals surface area contributed by atoms with E-state index in [0.717, 1.165) is 6.42 Å². The van der Waals surface area contributed by atoms with E-state index >= 15 is 0 Å². The van der Waals surface area contributed by atoms with Crippen molar-refractivity contribution >= 4 is 7.25 Å². The highest BCUT2D eigenvalue weighted by Crippen LogP contribution is 2.07. The highest BCUT2D eigenvalue weighted by Gasteiger charge is 2.20. The molecule has 0 amide bonds. The molecule has 17 heavy (non-hydrogen) atoms. The van der Waals surface area contributed by atoms with Crippen LogP contribution in [0, 0.1) is 0 Å². The van der Waals surface area contributed by atoms with Gasteiger partial charge in [0.05, 0.1) is 6.04 Å². The number of imidazole rings is 1. The third kappa shape index (κ3) is 11.0. The van der Waals surface area contributed by atoms with Gasteiger partial charge in [-0.3, -0.25) is 4.98 Å². The summed E-state index contributed by atoms with van der Waals surface area (Å²) >= 11 is 0. The van der Waals surface area contributed by atoms with Crippen molar-refractivity contribution in [2.45, 2.75) is 32.2 Å². The van der Waals surface area contributed by atoms with Crippen LogP contribution in [0.25, 0.3) is 0 Å². The Kier molecular flexibility index (Phi) is 7.33. The molecule has 0 spiro atoms. The molecular formula is C10H17BF4N2. The summed E-state index contributed by atoms with van der Waals surface area (Å²) in [7, 11) is -6.00. The molecule has 98 valence electrons. The van der Waals surface area contributed by atoms with Gasteiger partial charge in [0.1, 0.15) is 12.4 Å². The van der Waals surface area contributed by atoms with Crippen molar-refractivity contribution in [3.8, 4) is 0 Å². The van der Waals surface area contributed by atoms with Gasteiger partial charge in [0, 0.05) is 0 Å². The van der Waals surface area contributed by atoms with Crippen LogP contribution < -0.4 is 4.57 Å².